The molecule has 4 heteroatoms. The summed E-state index contributed by atoms with van der Waals surface area (Å²) in [5.41, 5.74) is 0.958. The van der Waals surface area contributed by atoms with Gasteiger partial charge < -0.3 is 10.2 Å². The van der Waals surface area contributed by atoms with Gasteiger partial charge in [-0.05, 0) is 12.0 Å². The summed E-state index contributed by atoms with van der Waals surface area (Å²) in [7, 11) is 1.81. The first kappa shape index (κ1) is 16.2. The van der Waals surface area contributed by atoms with Gasteiger partial charge in [-0.1, -0.05) is 43.7 Å². The van der Waals surface area contributed by atoms with Crippen molar-refractivity contribution in [3.63, 3.8) is 0 Å². The maximum absolute atomic E-state index is 12.2. The number of rotatable bonds is 7. The fourth-order valence-corrected chi connectivity index (χ4v) is 2.03. The van der Waals surface area contributed by atoms with Gasteiger partial charge in [0.1, 0.15) is 0 Å². The van der Waals surface area contributed by atoms with Crippen LogP contribution in [0.2, 0.25) is 0 Å². The zero-order valence-electron chi connectivity index (χ0n) is 12.6. The van der Waals surface area contributed by atoms with Crippen molar-refractivity contribution in [2.45, 2.75) is 39.2 Å². The number of benzene rings is 1. The van der Waals surface area contributed by atoms with Crippen LogP contribution < -0.4 is 5.32 Å². The molecule has 110 valence electrons. The smallest absolute Gasteiger partial charge is 0.224 e. The van der Waals surface area contributed by atoms with E-state index in [1.165, 1.54) is 6.92 Å². The standard InChI is InChI=1S/C16H24N2O2/c1-4-5-11-18(3)16(20)12-15(17-13(2)19)14-9-7-6-8-10-14/h6-10,15H,4-5,11-12H2,1-3H3,(H,17,19). The van der Waals surface area contributed by atoms with Gasteiger partial charge in [-0.3, -0.25) is 9.59 Å². The lowest BCUT2D eigenvalue weighted by Gasteiger charge is -2.22. The molecule has 0 fully saturated rings. The average molecular weight is 276 g/mol. The average Bonchev–Trinajstić information content (AvgIpc) is 2.44. The van der Waals surface area contributed by atoms with Crippen LogP contribution in [-0.2, 0) is 9.59 Å². The Kier molecular flexibility index (Phi) is 6.77. The van der Waals surface area contributed by atoms with Gasteiger partial charge in [-0.25, -0.2) is 0 Å². The monoisotopic (exact) mass is 276 g/mol. The van der Waals surface area contributed by atoms with E-state index >= 15 is 0 Å². The van der Waals surface area contributed by atoms with Crippen LogP contribution in [0.1, 0.15) is 44.7 Å². The molecule has 1 rings (SSSR count). The molecule has 1 N–H and O–H groups in total. The molecule has 0 radical (unpaired) electrons. The summed E-state index contributed by atoms with van der Waals surface area (Å²) >= 11 is 0. The Balaban J connectivity index is 2.70. The van der Waals surface area contributed by atoms with Crippen molar-refractivity contribution in [3.8, 4) is 0 Å². The van der Waals surface area contributed by atoms with E-state index in [1.54, 1.807) is 4.90 Å². The summed E-state index contributed by atoms with van der Waals surface area (Å²) in [6, 6.07) is 9.35. The maximum Gasteiger partial charge on any atom is 0.224 e. The topological polar surface area (TPSA) is 49.4 Å². The lowest BCUT2D eigenvalue weighted by molar-refractivity contribution is -0.130. The first-order valence-electron chi connectivity index (χ1n) is 7.10. The minimum atomic E-state index is -0.259. The molecule has 0 saturated carbocycles. The molecule has 0 spiro atoms. The fraction of sp³-hybridized carbons (Fsp3) is 0.500. The van der Waals surface area contributed by atoms with E-state index in [1.807, 2.05) is 37.4 Å². The number of hydrogen-bond donors (Lipinski definition) is 1. The summed E-state index contributed by atoms with van der Waals surface area (Å²) in [6.45, 7) is 4.33. The van der Waals surface area contributed by atoms with Crippen molar-refractivity contribution in [2.24, 2.45) is 0 Å². The quantitative estimate of drug-likeness (QED) is 0.832. The minimum Gasteiger partial charge on any atom is -0.349 e. The highest BCUT2D eigenvalue weighted by molar-refractivity contribution is 5.79. The molecule has 0 aliphatic heterocycles. The Bertz CT molecular complexity index is 431. The second-order valence-corrected chi connectivity index (χ2v) is 5.04. The molecule has 1 aromatic rings. The number of nitrogens with zero attached hydrogens (tertiary/aromatic N) is 1. The number of carbonyl (C=O) groups excluding carboxylic acids is 2. The molecule has 20 heavy (non-hydrogen) atoms. The maximum atomic E-state index is 12.2. The highest BCUT2D eigenvalue weighted by atomic mass is 16.2. The van der Waals surface area contributed by atoms with E-state index in [2.05, 4.69) is 12.2 Å². The highest BCUT2D eigenvalue weighted by Crippen LogP contribution is 2.17. The number of unbranched alkanes of at least 4 members (excludes halogenated alkanes) is 1. The van der Waals surface area contributed by atoms with Gasteiger partial charge in [0.25, 0.3) is 0 Å². The minimum absolute atomic E-state index is 0.0565. The van der Waals surface area contributed by atoms with Gasteiger partial charge in [0.2, 0.25) is 11.8 Å². The molecule has 0 bridgehead atoms. The van der Waals surface area contributed by atoms with Crippen LogP contribution in [0.3, 0.4) is 0 Å². The van der Waals surface area contributed by atoms with Crippen molar-refractivity contribution in [2.75, 3.05) is 13.6 Å². The predicted octanol–water partition coefficient (Wildman–Crippen LogP) is 2.51. The number of nitrogens with one attached hydrogen (secondary N) is 1. The van der Waals surface area contributed by atoms with Gasteiger partial charge in [0.15, 0.2) is 0 Å². The third-order valence-electron chi connectivity index (χ3n) is 3.23. The summed E-state index contributed by atoms with van der Waals surface area (Å²) in [6.07, 6.45) is 2.35. The van der Waals surface area contributed by atoms with Crippen molar-refractivity contribution in [3.05, 3.63) is 35.9 Å². The van der Waals surface area contributed by atoms with Gasteiger partial charge >= 0.3 is 0 Å². The molecule has 1 aromatic carbocycles. The second-order valence-electron chi connectivity index (χ2n) is 5.04. The van der Waals surface area contributed by atoms with Gasteiger partial charge in [-0.15, -0.1) is 0 Å². The molecular weight excluding hydrogens is 252 g/mol. The van der Waals surface area contributed by atoms with E-state index in [0.717, 1.165) is 24.9 Å². The summed E-state index contributed by atoms with van der Waals surface area (Å²) in [5.74, 6) is -0.0658. The van der Waals surface area contributed by atoms with Crippen molar-refractivity contribution in [1.29, 1.82) is 0 Å². The Hall–Kier alpha value is -1.84. The van der Waals surface area contributed by atoms with Crippen LogP contribution in [0.15, 0.2) is 30.3 Å². The largest absolute Gasteiger partial charge is 0.349 e. The highest BCUT2D eigenvalue weighted by Gasteiger charge is 2.19. The van der Waals surface area contributed by atoms with Crippen LogP contribution in [0.4, 0.5) is 0 Å². The molecular formula is C16H24N2O2. The fourth-order valence-electron chi connectivity index (χ4n) is 2.03. The van der Waals surface area contributed by atoms with Crippen LogP contribution in [0.5, 0.6) is 0 Å². The Morgan fingerprint density at radius 3 is 2.45 bits per heavy atom. The van der Waals surface area contributed by atoms with E-state index in [9.17, 15) is 9.59 Å². The lowest BCUT2D eigenvalue weighted by atomic mass is 10.0. The summed E-state index contributed by atoms with van der Waals surface area (Å²) in [4.78, 5) is 25.2. The third-order valence-corrected chi connectivity index (χ3v) is 3.23. The van der Waals surface area contributed by atoms with Crippen LogP contribution in [-0.4, -0.2) is 30.3 Å². The number of amides is 2. The van der Waals surface area contributed by atoms with E-state index in [-0.39, 0.29) is 17.9 Å². The van der Waals surface area contributed by atoms with Crippen molar-refractivity contribution < 1.29 is 9.59 Å². The van der Waals surface area contributed by atoms with Crippen LogP contribution in [0.25, 0.3) is 0 Å². The second kappa shape index (κ2) is 8.35. The normalized spacial score (nSPS) is 11.8. The Morgan fingerprint density at radius 2 is 1.90 bits per heavy atom. The van der Waals surface area contributed by atoms with Gasteiger partial charge in [-0.2, -0.15) is 0 Å². The summed E-state index contributed by atoms with van der Waals surface area (Å²) in [5, 5.41) is 2.85. The lowest BCUT2D eigenvalue weighted by Crippen LogP contribution is -2.34. The molecule has 2 amide bonds. The molecule has 1 unspecified atom stereocenters. The van der Waals surface area contributed by atoms with Gasteiger partial charge in [0.05, 0.1) is 12.5 Å². The molecule has 0 aliphatic rings. The first-order valence-corrected chi connectivity index (χ1v) is 7.10. The molecule has 0 aliphatic carbocycles. The molecule has 0 heterocycles. The summed E-state index contributed by atoms with van der Waals surface area (Å²) < 4.78 is 0. The Labute approximate surface area is 121 Å². The zero-order valence-corrected chi connectivity index (χ0v) is 12.6. The number of carbonyl (C=O) groups is 2. The molecule has 1 atom stereocenters. The van der Waals surface area contributed by atoms with E-state index in [4.69, 9.17) is 0 Å². The third kappa shape index (κ3) is 5.43. The van der Waals surface area contributed by atoms with Crippen molar-refractivity contribution in [1.82, 2.24) is 10.2 Å². The van der Waals surface area contributed by atoms with E-state index in [0.29, 0.717) is 6.42 Å². The van der Waals surface area contributed by atoms with Gasteiger partial charge in [0, 0.05) is 20.5 Å². The number of hydrogen-bond acceptors (Lipinski definition) is 2. The van der Waals surface area contributed by atoms with Crippen LogP contribution >= 0.6 is 0 Å². The molecule has 4 nitrogen and oxygen atoms in total. The van der Waals surface area contributed by atoms with E-state index < -0.39 is 0 Å². The van der Waals surface area contributed by atoms with Crippen molar-refractivity contribution >= 4 is 11.8 Å². The first-order chi connectivity index (χ1) is 9.54. The Morgan fingerprint density at radius 1 is 1.25 bits per heavy atom. The zero-order chi connectivity index (χ0) is 15.0. The van der Waals surface area contributed by atoms with Crippen LogP contribution in [0, 0.1) is 0 Å². The molecule has 0 aromatic heterocycles. The molecule has 0 saturated heterocycles. The SMILES string of the molecule is CCCCN(C)C(=O)CC(NC(C)=O)c1ccccc1. The predicted molar refractivity (Wildman–Crippen MR) is 80.2 cm³/mol.